The molecule has 3 rings (SSSR count). The van der Waals surface area contributed by atoms with Crippen LogP contribution in [0.5, 0.6) is 0 Å². The Morgan fingerprint density at radius 3 is 2.52 bits per heavy atom. The van der Waals surface area contributed by atoms with Crippen LogP contribution in [0.2, 0.25) is 0 Å². The lowest BCUT2D eigenvalue weighted by atomic mass is 9.75. The summed E-state index contributed by atoms with van der Waals surface area (Å²) in [5.74, 6) is 1.17. The number of hydrogen-bond donors (Lipinski definition) is 0. The van der Waals surface area contributed by atoms with Crippen molar-refractivity contribution < 1.29 is 18.9 Å². The summed E-state index contributed by atoms with van der Waals surface area (Å²) in [5, 5.41) is 3.71. The van der Waals surface area contributed by atoms with E-state index in [4.69, 9.17) is 24.5 Å². The Kier molecular flexibility index (Phi) is 6.70. The van der Waals surface area contributed by atoms with Crippen molar-refractivity contribution in [1.29, 1.82) is 0 Å². The summed E-state index contributed by atoms with van der Waals surface area (Å²) in [4.78, 5) is 2.88. The summed E-state index contributed by atoms with van der Waals surface area (Å²) in [6.45, 7) is 11.2. The van der Waals surface area contributed by atoms with Gasteiger partial charge in [0.1, 0.15) is 12.2 Å². The van der Waals surface area contributed by atoms with Gasteiger partial charge >= 0.3 is 0 Å². The van der Waals surface area contributed by atoms with Gasteiger partial charge in [-0.25, -0.2) is 0 Å². The first-order chi connectivity index (χ1) is 12.9. The van der Waals surface area contributed by atoms with Crippen LogP contribution in [0.1, 0.15) is 66.7 Å². The van der Waals surface area contributed by atoms with E-state index in [2.05, 4.69) is 44.6 Å². The van der Waals surface area contributed by atoms with E-state index in [0.717, 1.165) is 19.3 Å². The highest BCUT2D eigenvalue weighted by Crippen LogP contribution is 2.44. The monoisotopic (exact) mass is 381 g/mol. The van der Waals surface area contributed by atoms with Crippen molar-refractivity contribution in [3.8, 4) is 0 Å². The van der Waals surface area contributed by atoms with Gasteiger partial charge in [0.2, 0.25) is 0 Å². The van der Waals surface area contributed by atoms with Crippen molar-refractivity contribution in [3.63, 3.8) is 0 Å². The summed E-state index contributed by atoms with van der Waals surface area (Å²) in [6.07, 6.45) is 3.90. The zero-order valence-corrected chi connectivity index (χ0v) is 17.3. The van der Waals surface area contributed by atoms with E-state index in [1.54, 1.807) is 0 Å². The molecular formula is C20H35N3O4. The SMILES string of the molecule is CCC1(CC)O[C@H]2[C@H](O[C@@H]3C[C@H](C)CC[C@H]3C(C)C)O[C@H](CN=[N+]=[N-])[C@H]2O1. The summed E-state index contributed by atoms with van der Waals surface area (Å²) in [7, 11) is 0. The Morgan fingerprint density at radius 2 is 1.89 bits per heavy atom. The van der Waals surface area contributed by atoms with Crippen LogP contribution in [0, 0.1) is 17.8 Å². The molecule has 7 atom stereocenters. The third-order valence-corrected chi connectivity index (χ3v) is 6.64. The van der Waals surface area contributed by atoms with Crippen LogP contribution in [0.3, 0.4) is 0 Å². The fraction of sp³-hybridized carbons (Fsp3) is 1.00. The summed E-state index contributed by atoms with van der Waals surface area (Å²) < 4.78 is 25.3. The molecule has 0 bridgehead atoms. The molecule has 0 amide bonds. The molecule has 0 unspecified atom stereocenters. The van der Waals surface area contributed by atoms with Gasteiger partial charge in [0.05, 0.1) is 18.8 Å². The predicted octanol–water partition coefficient (Wildman–Crippen LogP) is 4.80. The maximum atomic E-state index is 8.71. The first kappa shape index (κ1) is 20.9. The number of ether oxygens (including phenoxy) is 4. The van der Waals surface area contributed by atoms with Gasteiger partial charge in [0.25, 0.3) is 0 Å². The third kappa shape index (κ3) is 4.28. The van der Waals surface area contributed by atoms with Crippen molar-refractivity contribution in [2.45, 2.75) is 103 Å². The minimum Gasteiger partial charge on any atom is -0.346 e. The van der Waals surface area contributed by atoms with Crippen LogP contribution in [0.4, 0.5) is 0 Å². The smallest absolute Gasteiger partial charge is 0.187 e. The molecule has 0 aromatic heterocycles. The van der Waals surface area contributed by atoms with Crippen LogP contribution < -0.4 is 0 Å². The van der Waals surface area contributed by atoms with Gasteiger partial charge in [0, 0.05) is 4.91 Å². The molecular weight excluding hydrogens is 346 g/mol. The van der Waals surface area contributed by atoms with Crippen LogP contribution >= 0.6 is 0 Å². The summed E-state index contributed by atoms with van der Waals surface area (Å²) >= 11 is 0. The molecule has 7 heteroatoms. The maximum Gasteiger partial charge on any atom is 0.187 e. The second-order valence-electron chi connectivity index (χ2n) is 8.74. The fourth-order valence-electron chi connectivity index (χ4n) is 4.88. The summed E-state index contributed by atoms with van der Waals surface area (Å²) in [6, 6.07) is 0. The highest BCUT2D eigenvalue weighted by Gasteiger charge is 2.58. The topological polar surface area (TPSA) is 85.7 Å². The molecule has 2 heterocycles. The molecule has 2 aliphatic heterocycles. The molecule has 0 aromatic carbocycles. The number of azide groups is 1. The van der Waals surface area contributed by atoms with E-state index in [1.807, 2.05) is 0 Å². The molecule has 1 aliphatic carbocycles. The lowest BCUT2D eigenvalue weighted by Crippen LogP contribution is -2.41. The second kappa shape index (κ2) is 8.66. The van der Waals surface area contributed by atoms with E-state index in [-0.39, 0.29) is 31.0 Å². The molecule has 7 nitrogen and oxygen atoms in total. The molecule has 2 saturated heterocycles. The quantitative estimate of drug-likeness (QED) is 0.360. The average Bonchev–Trinajstić information content (AvgIpc) is 3.17. The third-order valence-electron chi connectivity index (χ3n) is 6.64. The van der Waals surface area contributed by atoms with Crippen LogP contribution in [-0.4, -0.2) is 43.0 Å². The highest BCUT2D eigenvalue weighted by atomic mass is 16.8. The van der Waals surface area contributed by atoms with Crippen LogP contribution in [0.25, 0.3) is 10.4 Å². The number of nitrogens with zero attached hydrogens (tertiary/aromatic N) is 3. The van der Waals surface area contributed by atoms with Gasteiger partial charge < -0.3 is 18.9 Å². The first-order valence-corrected chi connectivity index (χ1v) is 10.6. The van der Waals surface area contributed by atoms with Crippen molar-refractivity contribution in [2.24, 2.45) is 22.9 Å². The molecule has 27 heavy (non-hydrogen) atoms. The largest absolute Gasteiger partial charge is 0.346 e. The minimum atomic E-state index is -0.591. The van der Waals surface area contributed by atoms with Crippen LogP contribution in [-0.2, 0) is 18.9 Å². The zero-order valence-electron chi connectivity index (χ0n) is 17.3. The Hall–Kier alpha value is -0.850. The Labute approximate surface area is 162 Å². The molecule has 154 valence electrons. The highest BCUT2D eigenvalue weighted by molar-refractivity contribution is 4.98. The lowest BCUT2D eigenvalue weighted by Gasteiger charge is -2.39. The Balaban J connectivity index is 1.76. The molecule has 0 radical (unpaired) electrons. The molecule has 3 fully saturated rings. The zero-order chi connectivity index (χ0) is 19.6. The number of fused-ring (bicyclic) bond motifs is 1. The van der Waals surface area contributed by atoms with E-state index in [1.165, 1.54) is 12.8 Å². The number of hydrogen-bond acceptors (Lipinski definition) is 5. The van der Waals surface area contributed by atoms with Gasteiger partial charge in [-0.15, -0.1) is 0 Å². The normalized spacial score (nSPS) is 40.7. The van der Waals surface area contributed by atoms with Gasteiger partial charge in [-0.2, -0.15) is 0 Å². The fourth-order valence-corrected chi connectivity index (χ4v) is 4.88. The Bertz CT molecular complexity index is 547. The van der Waals surface area contributed by atoms with E-state index in [9.17, 15) is 0 Å². The number of rotatable bonds is 7. The van der Waals surface area contributed by atoms with Crippen molar-refractivity contribution >= 4 is 0 Å². The van der Waals surface area contributed by atoms with E-state index < -0.39 is 12.1 Å². The van der Waals surface area contributed by atoms with Gasteiger partial charge in [-0.05, 0) is 49.0 Å². The maximum absolute atomic E-state index is 8.71. The lowest BCUT2D eigenvalue weighted by molar-refractivity contribution is -0.264. The van der Waals surface area contributed by atoms with Gasteiger partial charge in [0.15, 0.2) is 12.1 Å². The van der Waals surface area contributed by atoms with Crippen molar-refractivity contribution in [1.82, 2.24) is 0 Å². The molecule has 0 spiro atoms. The first-order valence-electron chi connectivity index (χ1n) is 10.6. The molecule has 1 saturated carbocycles. The minimum absolute atomic E-state index is 0.166. The molecule has 0 N–H and O–H groups in total. The van der Waals surface area contributed by atoms with E-state index in [0.29, 0.717) is 17.8 Å². The average molecular weight is 382 g/mol. The van der Waals surface area contributed by atoms with Crippen LogP contribution in [0.15, 0.2) is 5.11 Å². The van der Waals surface area contributed by atoms with Gasteiger partial charge in [-0.1, -0.05) is 46.2 Å². The van der Waals surface area contributed by atoms with Gasteiger partial charge in [-0.3, -0.25) is 0 Å². The summed E-state index contributed by atoms with van der Waals surface area (Å²) in [5.41, 5.74) is 8.71. The second-order valence-corrected chi connectivity index (χ2v) is 8.74. The standard InChI is InChI=1S/C20H35N3O4/c1-6-20(7-2)26-17-16(11-22-23-21)25-19(18(17)27-20)24-15-10-13(5)8-9-14(15)12(3)4/h12-19H,6-11H2,1-5H3/t13-,14+,15-,16-,17-,18-,19-/m1/s1. The van der Waals surface area contributed by atoms with E-state index >= 15 is 0 Å². The molecule has 0 aromatic rings. The predicted molar refractivity (Wildman–Crippen MR) is 102 cm³/mol. The molecule has 3 aliphatic rings. The van der Waals surface area contributed by atoms with Crippen molar-refractivity contribution in [2.75, 3.05) is 6.54 Å². The Morgan fingerprint density at radius 1 is 1.19 bits per heavy atom. The van der Waals surface area contributed by atoms with Crippen molar-refractivity contribution in [3.05, 3.63) is 10.4 Å².